The van der Waals surface area contributed by atoms with Gasteiger partial charge in [0.05, 0.1) is 6.54 Å². The zero-order valence-corrected chi connectivity index (χ0v) is 10.9. The van der Waals surface area contributed by atoms with Crippen molar-refractivity contribution in [2.24, 2.45) is 0 Å². The number of anilines is 1. The van der Waals surface area contributed by atoms with Gasteiger partial charge in [0.15, 0.2) is 0 Å². The van der Waals surface area contributed by atoms with Gasteiger partial charge in [0.25, 0.3) is 0 Å². The van der Waals surface area contributed by atoms with Gasteiger partial charge in [-0.2, -0.15) is 0 Å². The van der Waals surface area contributed by atoms with Crippen molar-refractivity contribution in [3.8, 4) is 0 Å². The first-order valence-corrected chi connectivity index (χ1v) is 5.73. The molecule has 0 radical (unpaired) electrons. The van der Waals surface area contributed by atoms with E-state index in [1.807, 2.05) is 0 Å². The summed E-state index contributed by atoms with van der Waals surface area (Å²) < 4.78 is 0. The average molecular weight is 271 g/mol. The topological polar surface area (TPSA) is 78.4 Å². The van der Waals surface area contributed by atoms with E-state index in [-0.39, 0.29) is 12.5 Å². The van der Waals surface area contributed by atoms with Crippen LogP contribution in [0, 0.1) is 0 Å². The van der Waals surface area contributed by atoms with E-state index in [2.05, 4.69) is 10.6 Å². The highest BCUT2D eigenvalue weighted by atomic mass is 35.5. The predicted octanol–water partition coefficient (Wildman–Crippen LogP) is 1.73. The molecule has 1 rings (SSSR count). The monoisotopic (exact) mass is 270 g/mol. The van der Waals surface area contributed by atoms with Crippen LogP contribution in [0.25, 0.3) is 0 Å². The van der Waals surface area contributed by atoms with Crippen molar-refractivity contribution in [3.63, 3.8) is 0 Å². The summed E-state index contributed by atoms with van der Waals surface area (Å²) in [4.78, 5) is 22.4. The second-order valence-corrected chi connectivity index (χ2v) is 4.78. The van der Waals surface area contributed by atoms with Crippen molar-refractivity contribution in [3.05, 3.63) is 29.3 Å². The van der Waals surface area contributed by atoms with Crippen molar-refractivity contribution in [2.45, 2.75) is 19.4 Å². The fraction of sp³-hybridized carbons (Fsp3) is 0.333. The number of nitrogens with one attached hydrogen (secondary N) is 2. The van der Waals surface area contributed by atoms with Gasteiger partial charge >= 0.3 is 5.97 Å². The highest BCUT2D eigenvalue weighted by Crippen LogP contribution is 2.14. The summed E-state index contributed by atoms with van der Waals surface area (Å²) in [6, 6.07) is 6.73. The predicted molar refractivity (Wildman–Crippen MR) is 69.8 cm³/mol. The van der Waals surface area contributed by atoms with Crippen LogP contribution in [0.5, 0.6) is 0 Å². The van der Waals surface area contributed by atoms with Crippen molar-refractivity contribution in [1.29, 1.82) is 0 Å². The molecule has 6 heteroatoms. The fourth-order valence-electron chi connectivity index (χ4n) is 1.15. The third-order valence-corrected chi connectivity index (χ3v) is 2.57. The molecule has 0 aliphatic rings. The third kappa shape index (κ3) is 4.35. The molecule has 1 aromatic carbocycles. The summed E-state index contributed by atoms with van der Waals surface area (Å²) >= 11 is 5.77. The van der Waals surface area contributed by atoms with E-state index in [1.54, 1.807) is 24.3 Å². The lowest BCUT2D eigenvalue weighted by atomic mass is 10.1. The van der Waals surface area contributed by atoms with E-state index in [1.165, 1.54) is 13.8 Å². The van der Waals surface area contributed by atoms with E-state index in [4.69, 9.17) is 16.7 Å². The normalized spacial score (nSPS) is 11.1. The molecule has 0 heterocycles. The first-order valence-electron chi connectivity index (χ1n) is 5.35. The number of carbonyl (C=O) groups excluding carboxylic acids is 1. The van der Waals surface area contributed by atoms with Crippen molar-refractivity contribution >= 4 is 29.2 Å². The Morgan fingerprint density at radius 2 is 2.06 bits per heavy atom. The van der Waals surface area contributed by atoms with Gasteiger partial charge in [-0.15, -0.1) is 0 Å². The zero-order valence-electron chi connectivity index (χ0n) is 10.2. The van der Waals surface area contributed by atoms with E-state index < -0.39 is 11.5 Å². The van der Waals surface area contributed by atoms with Crippen molar-refractivity contribution < 1.29 is 14.7 Å². The molecule has 0 aliphatic heterocycles. The number of rotatable bonds is 5. The van der Waals surface area contributed by atoms with Crippen LogP contribution < -0.4 is 10.6 Å². The Morgan fingerprint density at radius 3 is 2.61 bits per heavy atom. The smallest absolute Gasteiger partial charge is 0.323 e. The maximum absolute atomic E-state index is 11.6. The van der Waals surface area contributed by atoms with Crippen LogP contribution in [-0.4, -0.2) is 29.1 Å². The van der Waals surface area contributed by atoms with Gasteiger partial charge in [0.2, 0.25) is 5.91 Å². The summed E-state index contributed by atoms with van der Waals surface area (Å²) in [5, 5.41) is 14.7. The largest absolute Gasteiger partial charge is 0.480 e. The van der Waals surface area contributed by atoms with Crippen LogP contribution in [0.15, 0.2) is 24.3 Å². The summed E-state index contributed by atoms with van der Waals surface area (Å²) in [6.07, 6.45) is 0. The lowest BCUT2D eigenvalue weighted by molar-refractivity contribution is -0.143. The van der Waals surface area contributed by atoms with Crippen molar-refractivity contribution in [2.75, 3.05) is 11.9 Å². The van der Waals surface area contributed by atoms with Crippen LogP contribution in [0.2, 0.25) is 5.02 Å². The lowest BCUT2D eigenvalue weighted by Crippen LogP contribution is -2.49. The molecule has 0 spiro atoms. The van der Waals surface area contributed by atoms with Crippen LogP contribution in [0.3, 0.4) is 0 Å². The first kappa shape index (κ1) is 14.5. The number of aliphatic carboxylic acids is 1. The summed E-state index contributed by atoms with van der Waals surface area (Å²) in [6.45, 7) is 2.88. The molecule has 0 unspecified atom stereocenters. The Morgan fingerprint density at radius 1 is 1.39 bits per heavy atom. The van der Waals surface area contributed by atoms with Crippen LogP contribution >= 0.6 is 11.6 Å². The van der Waals surface area contributed by atoms with Crippen molar-refractivity contribution in [1.82, 2.24) is 5.32 Å². The van der Waals surface area contributed by atoms with Gasteiger partial charge in [-0.3, -0.25) is 14.9 Å². The van der Waals surface area contributed by atoms with Crippen LogP contribution in [0.1, 0.15) is 13.8 Å². The summed E-state index contributed by atoms with van der Waals surface area (Å²) in [7, 11) is 0. The minimum absolute atomic E-state index is 0.0915. The van der Waals surface area contributed by atoms with Crippen LogP contribution in [-0.2, 0) is 9.59 Å². The van der Waals surface area contributed by atoms with E-state index >= 15 is 0 Å². The van der Waals surface area contributed by atoms with E-state index in [0.29, 0.717) is 10.7 Å². The maximum atomic E-state index is 11.6. The third-order valence-electron chi connectivity index (χ3n) is 2.33. The number of amides is 1. The van der Waals surface area contributed by atoms with Gasteiger partial charge < -0.3 is 10.4 Å². The molecule has 18 heavy (non-hydrogen) atoms. The molecule has 0 saturated heterocycles. The van der Waals surface area contributed by atoms with E-state index in [0.717, 1.165) is 0 Å². The second-order valence-electron chi connectivity index (χ2n) is 4.34. The Bertz CT molecular complexity index is 460. The molecule has 0 bridgehead atoms. The number of hydrogen-bond acceptors (Lipinski definition) is 3. The Balaban J connectivity index is 2.50. The highest BCUT2D eigenvalue weighted by Gasteiger charge is 2.26. The molecular weight excluding hydrogens is 256 g/mol. The molecule has 3 N–H and O–H groups in total. The van der Waals surface area contributed by atoms with Gasteiger partial charge in [-0.1, -0.05) is 17.7 Å². The van der Waals surface area contributed by atoms with Gasteiger partial charge in [0.1, 0.15) is 5.54 Å². The molecule has 1 amide bonds. The minimum atomic E-state index is -1.15. The number of carboxylic acids is 1. The molecular formula is C12H15ClN2O3. The Kier molecular flexibility index (Phi) is 4.69. The molecule has 0 aliphatic carbocycles. The molecule has 0 aromatic heterocycles. The second kappa shape index (κ2) is 5.84. The Labute approximate surface area is 110 Å². The van der Waals surface area contributed by atoms with Gasteiger partial charge in [-0.05, 0) is 32.0 Å². The lowest BCUT2D eigenvalue weighted by Gasteiger charge is -2.20. The zero-order chi connectivity index (χ0) is 13.8. The SMILES string of the molecule is CC(C)(NCC(=O)Nc1cccc(Cl)c1)C(=O)O. The number of carboxylic acid groups (broad SMARTS) is 1. The molecule has 0 fully saturated rings. The highest BCUT2D eigenvalue weighted by molar-refractivity contribution is 6.30. The summed E-state index contributed by atoms with van der Waals surface area (Å²) in [5.41, 5.74) is -0.575. The van der Waals surface area contributed by atoms with Crippen LogP contribution in [0.4, 0.5) is 5.69 Å². The standard InChI is InChI=1S/C12H15ClN2O3/c1-12(2,11(17)18)14-7-10(16)15-9-5-3-4-8(13)6-9/h3-6,14H,7H2,1-2H3,(H,15,16)(H,17,18). The molecule has 0 saturated carbocycles. The quantitative estimate of drug-likeness (QED) is 0.761. The molecule has 0 atom stereocenters. The number of carbonyl (C=O) groups is 2. The number of hydrogen-bond donors (Lipinski definition) is 3. The first-order chi connectivity index (χ1) is 8.31. The number of benzene rings is 1. The molecule has 5 nitrogen and oxygen atoms in total. The van der Waals surface area contributed by atoms with E-state index in [9.17, 15) is 9.59 Å². The average Bonchev–Trinajstić information content (AvgIpc) is 2.26. The minimum Gasteiger partial charge on any atom is -0.480 e. The fourth-order valence-corrected chi connectivity index (χ4v) is 1.34. The molecule has 1 aromatic rings. The maximum Gasteiger partial charge on any atom is 0.323 e. The Hall–Kier alpha value is -1.59. The van der Waals surface area contributed by atoms with Gasteiger partial charge in [-0.25, -0.2) is 0 Å². The van der Waals surface area contributed by atoms with Gasteiger partial charge in [0, 0.05) is 10.7 Å². The molecule has 98 valence electrons. The summed E-state index contributed by atoms with van der Waals surface area (Å²) in [5.74, 6) is -1.34. The number of halogens is 1.